The lowest BCUT2D eigenvalue weighted by Gasteiger charge is -2.03. The standard InChI is InChI=1S/C10H9BrN2O/c11-6-4-8-10-7(12-13-8)2-1-3-14-9(10)5-6/h4-5H,1-3H2,(H,12,13). The molecule has 2 aromatic rings. The van der Waals surface area contributed by atoms with E-state index in [0.717, 1.165) is 40.6 Å². The Morgan fingerprint density at radius 3 is 3.29 bits per heavy atom. The molecule has 0 spiro atoms. The number of hydrogen-bond donors (Lipinski definition) is 1. The number of rotatable bonds is 0. The molecule has 1 aliphatic rings. The van der Waals surface area contributed by atoms with E-state index in [4.69, 9.17) is 4.74 Å². The number of nitrogens with one attached hydrogen (secondary N) is 1. The van der Waals surface area contributed by atoms with Crippen LogP contribution in [0, 0.1) is 0 Å². The minimum absolute atomic E-state index is 0.786. The van der Waals surface area contributed by atoms with Crippen LogP contribution in [-0.2, 0) is 6.42 Å². The molecule has 1 aliphatic heterocycles. The van der Waals surface area contributed by atoms with Crippen LogP contribution in [0.1, 0.15) is 12.1 Å². The predicted molar refractivity (Wildman–Crippen MR) is 57.6 cm³/mol. The van der Waals surface area contributed by atoms with Gasteiger partial charge < -0.3 is 4.74 Å². The van der Waals surface area contributed by atoms with Crippen LogP contribution < -0.4 is 4.74 Å². The molecule has 0 atom stereocenters. The Morgan fingerprint density at radius 1 is 1.43 bits per heavy atom. The van der Waals surface area contributed by atoms with Crippen molar-refractivity contribution >= 4 is 26.8 Å². The molecule has 0 bridgehead atoms. The number of halogens is 1. The van der Waals surface area contributed by atoms with Gasteiger partial charge in [-0.1, -0.05) is 15.9 Å². The highest BCUT2D eigenvalue weighted by molar-refractivity contribution is 9.10. The summed E-state index contributed by atoms with van der Waals surface area (Å²) >= 11 is 3.45. The summed E-state index contributed by atoms with van der Waals surface area (Å²) in [4.78, 5) is 0. The van der Waals surface area contributed by atoms with Crippen LogP contribution in [0.15, 0.2) is 16.6 Å². The average Bonchev–Trinajstić information content (AvgIpc) is 2.43. The molecule has 0 fully saturated rings. The summed E-state index contributed by atoms with van der Waals surface area (Å²) < 4.78 is 6.68. The number of nitrogens with zero attached hydrogens (tertiary/aromatic N) is 1. The van der Waals surface area contributed by atoms with Gasteiger partial charge in [0.1, 0.15) is 5.75 Å². The van der Waals surface area contributed by atoms with Gasteiger partial charge in [-0.2, -0.15) is 5.10 Å². The molecule has 4 heteroatoms. The Hall–Kier alpha value is -1.03. The maximum atomic E-state index is 5.67. The normalized spacial score (nSPS) is 15.2. The van der Waals surface area contributed by atoms with Crippen molar-refractivity contribution in [3.63, 3.8) is 0 Å². The minimum atomic E-state index is 0.786. The summed E-state index contributed by atoms with van der Waals surface area (Å²) in [6.45, 7) is 0.786. The van der Waals surface area contributed by atoms with E-state index >= 15 is 0 Å². The zero-order valence-electron chi connectivity index (χ0n) is 7.51. The number of H-pyrrole nitrogens is 1. The maximum Gasteiger partial charge on any atom is 0.131 e. The Bertz CT molecular complexity index is 492. The van der Waals surface area contributed by atoms with Crippen molar-refractivity contribution in [2.24, 2.45) is 0 Å². The summed E-state index contributed by atoms with van der Waals surface area (Å²) in [7, 11) is 0. The summed E-state index contributed by atoms with van der Waals surface area (Å²) in [5.74, 6) is 0.940. The highest BCUT2D eigenvalue weighted by Gasteiger charge is 2.15. The van der Waals surface area contributed by atoms with E-state index in [-0.39, 0.29) is 0 Å². The van der Waals surface area contributed by atoms with Gasteiger partial charge in [0, 0.05) is 10.2 Å². The SMILES string of the molecule is Brc1cc2c3c([nH]nc3c1)CCCO2. The van der Waals surface area contributed by atoms with Gasteiger partial charge >= 0.3 is 0 Å². The molecule has 2 heterocycles. The highest BCUT2D eigenvalue weighted by atomic mass is 79.9. The van der Waals surface area contributed by atoms with Gasteiger partial charge in [0.05, 0.1) is 17.5 Å². The number of aryl methyl sites for hydroxylation is 1. The molecule has 0 amide bonds. The molecule has 0 radical (unpaired) electrons. The lowest BCUT2D eigenvalue weighted by molar-refractivity contribution is 0.319. The number of ether oxygens (including phenoxy) is 1. The van der Waals surface area contributed by atoms with Crippen molar-refractivity contribution in [1.29, 1.82) is 0 Å². The van der Waals surface area contributed by atoms with Crippen molar-refractivity contribution in [2.45, 2.75) is 12.8 Å². The van der Waals surface area contributed by atoms with Crippen LogP contribution >= 0.6 is 15.9 Å². The molecule has 0 unspecified atom stereocenters. The van der Waals surface area contributed by atoms with Gasteiger partial charge in [-0.3, -0.25) is 5.10 Å². The van der Waals surface area contributed by atoms with Gasteiger partial charge in [0.2, 0.25) is 0 Å². The van der Waals surface area contributed by atoms with E-state index < -0.39 is 0 Å². The molecule has 1 aromatic carbocycles. The number of hydrogen-bond acceptors (Lipinski definition) is 2. The van der Waals surface area contributed by atoms with Gasteiger partial charge in [0.15, 0.2) is 0 Å². The first kappa shape index (κ1) is 8.29. The second-order valence-electron chi connectivity index (χ2n) is 3.45. The van der Waals surface area contributed by atoms with Crippen molar-refractivity contribution < 1.29 is 4.74 Å². The fraction of sp³-hybridized carbons (Fsp3) is 0.300. The third-order valence-electron chi connectivity index (χ3n) is 2.49. The molecule has 0 saturated carbocycles. The molecule has 3 rings (SSSR count). The molecule has 0 aliphatic carbocycles. The second kappa shape index (κ2) is 2.98. The quantitative estimate of drug-likeness (QED) is 0.783. The van der Waals surface area contributed by atoms with E-state index in [9.17, 15) is 0 Å². The number of aromatic nitrogens is 2. The predicted octanol–water partition coefficient (Wildman–Crippen LogP) is 2.65. The Kier molecular flexibility index (Phi) is 1.77. The van der Waals surface area contributed by atoms with Crippen molar-refractivity contribution in [3.8, 4) is 5.75 Å². The van der Waals surface area contributed by atoms with Gasteiger partial charge in [-0.25, -0.2) is 0 Å². The summed E-state index contributed by atoms with van der Waals surface area (Å²) in [5.41, 5.74) is 2.17. The van der Waals surface area contributed by atoms with Gasteiger partial charge in [-0.15, -0.1) is 0 Å². The average molecular weight is 253 g/mol. The molecule has 14 heavy (non-hydrogen) atoms. The molecule has 0 saturated heterocycles. The van der Waals surface area contributed by atoms with Gasteiger partial charge in [-0.05, 0) is 25.0 Å². The zero-order chi connectivity index (χ0) is 9.54. The first-order valence-corrected chi connectivity index (χ1v) is 5.43. The second-order valence-corrected chi connectivity index (χ2v) is 4.37. The summed E-state index contributed by atoms with van der Waals surface area (Å²) in [6, 6.07) is 4.01. The smallest absolute Gasteiger partial charge is 0.131 e. The van der Waals surface area contributed by atoms with Crippen LogP contribution in [-0.4, -0.2) is 16.8 Å². The molecular weight excluding hydrogens is 244 g/mol. The zero-order valence-corrected chi connectivity index (χ0v) is 9.10. The van der Waals surface area contributed by atoms with Crippen molar-refractivity contribution in [3.05, 3.63) is 22.3 Å². The van der Waals surface area contributed by atoms with E-state index in [0.29, 0.717) is 0 Å². The van der Waals surface area contributed by atoms with Crippen molar-refractivity contribution in [2.75, 3.05) is 6.61 Å². The fourth-order valence-electron chi connectivity index (χ4n) is 1.87. The van der Waals surface area contributed by atoms with E-state index in [2.05, 4.69) is 26.1 Å². The van der Waals surface area contributed by atoms with Crippen LogP contribution in [0.5, 0.6) is 5.75 Å². The fourth-order valence-corrected chi connectivity index (χ4v) is 2.29. The Labute approximate surface area is 89.6 Å². The van der Waals surface area contributed by atoms with Crippen LogP contribution in [0.25, 0.3) is 10.9 Å². The molecule has 72 valence electrons. The highest BCUT2D eigenvalue weighted by Crippen LogP contribution is 2.33. The molecule has 1 N–H and O–H groups in total. The third-order valence-corrected chi connectivity index (χ3v) is 2.95. The van der Waals surface area contributed by atoms with E-state index in [1.165, 1.54) is 5.69 Å². The lowest BCUT2D eigenvalue weighted by Crippen LogP contribution is -1.95. The maximum absolute atomic E-state index is 5.67. The van der Waals surface area contributed by atoms with E-state index in [1.807, 2.05) is 12.1 Å². The van der Waals surface area contributed by atoms with Gasteiger partial charge in [0.25, 0.3) is 0 Å². The first-order valence-electron chi connectivity index (χ1n) is 4.64. The monoisotopic (exact) mass is 252 g/mol. The van der Waals surface area contributed by atoms with Crippen molar-refractivity contribution in [1.82, 2.24) is 10.2 Å². The summed E-state index contributed by atoms with van der Waals surface area (Å²) in [6.07, 6.45) is 2.06. The number of aromatic amines is 1. The third kappa shape index (κ3) is 1.14. The Morgan fingerprint density at radius 2 is 2.36 bits per heavy atom. The molecule has 1 aromatic heterocycles. The molecular formula is C10H9BrN2O. The van der Waals surface area contributed by atoms with Crippen LogP contribution in [0.4, 0.5) is 0 Å². The van der Waals surface area contributed by atoms with Crippen LogP contribution in [0.2, 0.25) is 0 Å². The first-order chi connectivity index (χ1) is 6.84. The van der Waals surface area contributed by atoms with E-state index in [1.54, 1.807) is 0 Å². The Balaban J connectivity index is 2.39. The topological polar surface area (TPSA) is 37.9 Å². The minimum Gasteiger partial charge on any atom is -0.493 e. The lowest BCUT2D eigenvalue weighted by atomic mass is 10.1. The number of benzene rings is 1. The molecule has 3 nitrogen and oxygen atoms in total. The largest absolute Gasteiger partial charge is 0.493 e. The van der Waals surface area contributed by atoms with Crippen LogP contribution in [0.3, 0.4) is 0 Å². The summed E-state index contributed by atoms with van der Waals surface area (Å²) in [5, 5.41) is 8.47.